The lowest BCUT2D eigenvalue weighted by Gasteiger charge is -1.73. The summed E-state index contributed by atoms with van der Waals surface area (Å²) in [6.45, 7) is 3.08. The molecule has 0 unspecified atom stereocenters. The lowest BCUT2D eigenvalue weighted by atomic mass is 11.1. The molecule has 0 fully saturated rings. The van der Waals surface area contributed by atoms with Gasteiger partial charge in [0.05, 0.1) is 7.11 Å². The van der Waals surface area contributed by atoms with E-state index in [-0.39, 0.29) is 0 Å². The van der Waals surface area contributed by atoms with Gasteiger partial charge in [-0.3, -0.25) is 0 Å². The van der Waals surface area contributed by atoms with Crippen molar-refractivity contribution in [2.24, 2.45) is 10.2 Å². The summed E-state index contributed by atoms with van der Waals surface area (Å²) in [4.78, 5) is 0. The molecule has 0 spiro atoms. The van der Waals surface area contributed by atoms with Crippen LogP contribution in [0.25, 0.3) is 0 Å². The average Bonchev–Trinajstić information content (AvgIpc) is 1.69. The summed E-state index contributed by atoms with van der Waals surface area (Å²) in [6, 6.07) is 0. The van der Waals surface area contributed by atoms with Crippen LogP contribution in [0, 0.1) is 0 Å². The van der Waals surface area contributed by atoms with E-state index in [1.165, 1.54) is 13.4 Å². The van der Waals surface area contributed by atoms with Gasteiger partial charge in [-0.15, -0.1) is 5.10 Å². The number of methoxy groups -OCH3 is 1. The second-order valence-electron chi connectivity index (χ2n) is 0.724. The molecule has 7 heavy (non-hydrogen) atoms. The molecule has 0 saturated heterocycles. The molecular weight excluding hydrogens is 92.1 g/mol. The summed E-state index contributed by atoms with van der Waals surface area (Å²) in [5, 5.41) is 6.37. The molecule has 0 aromatic rings. The maximum absolute atomic E-state index is 4.43. The van der Waals surface area contributed by atoms with Crippen LogP contribution in [-0.2, 0) is 4.74 Å². The predicted octanol–water partition coefficient (Wildman–Crippen LogP) is 0.432. The van der Waals surface area contributed by atoms with Gasteiger partial charge in [0.2, 0.25) is 0 Å². The molecule has 0 radical (unpaired) electrons. The van der Waals surface area contributed by atoms with E-state index in [4.69, 9.17) is 0 Å². The van der Waals surface area contributed by atoms with Crippen molar-refractivity contribution >= 4 is 12.6 Å². The summed E-state index contributed by atoms with van der Waals surface area (Å²) in [6.07, 6.45) is 1.29. The molecule has 0 aliphatic rings. The fourth-order valence-electron chi connectivity index (χ4n) is 0.117. The van der Waals surface area contributed by atoms with E-state index >= 15 is 0 Å². The van der Waals surface area contributed by atoms with Crippen LogP contribution in [0.2, 0.25) is 0 Å². The van der Waals surface area contributed by atoms with E-state index in [1.54, 1.807) is 0 Å². The molecule has 3 nitrogen and oxygen atoms in total. The summed E-state index contributed by atoms with van der Waals surface area (Å²) < 4.78 is 4.43. The third-order valence-electron chi connectivity index (χ3n) is 0.299. The lowest BCUT2D eigenvalue weighted by Crippen LogP contribution is -1.61. The Morgan fingerprint density at radius 2 is 2.57 bits per heavy atom. The third kappa shape index (κ3) is 4.92. The molecule has 0 aromatic heterocycles. The molecule has 0 amide bonds. The van der Waals surface area contributed by atoms with Crippen molar-refractivity contribution < 1.29 is 4.74 Å². The largest absolute Gasteiger partial charge is 0.495 e. The van der Waals surface area contributed by atoms with Gasteiger partial charge in [0.25, 0.3) is 0 Å². The monoisotopic (exact) mass is 98.0 g/mol. The van der Waals surface area contributed by atoms with Crippen LogP contribution in [0.1, 0.15) is 0 Å². The standard InChI is InChI=1S/C4H6N2O/c1-5-6-3-4-7-2/h4H,1H2,2H3. The van der Waals surface area contributed by atoms with E-state index < -0.39 is 0 Å². The fraction of sp³-hybridized carbons (Fsp3) is 0.250. The Labute approximate surface area is 42.0 Å². The minimum Gasteiger partial charge on any atom is -0.495 e. The zero-order valence-corrected chi connectivity index (χ0v) is 4.09. The quantitative estimate of drug-likeness (QED) is 0.280. The molecule has 38 valence electrons. The minimum absolute atomic E-state index is 1.29. The summed E-state index contributed by atoms with van der Waals surface area (Å²) in [5.74, 6) is 2.33. The first-order valence-corrected chi connectivity index (χ1v) is 1.67. The normalized spacial score (nSPS) is 5.86. The Morgan fingerprint density at radius 3 is 3.00 bits per heavy atom. The van der Waals surface area contributed by atoms with Crippen molar-refractivity contribution in [3.63, 3.8) is 0 Å². The highest BCUT2D eigenvalue weighted by Crippen LogP contribution is 1.60. The second-order valence-corrected chi connectivity index (χ2v) is 0.724. The first-order valence-electron chi connectivity index (χ1n) is 1.67. The van der Waals surface area contributed by atoms with Crippen LogP contribution < -0.4 is 0 Å². The molecule has 0 atom stereocenters. The number of hydrogen-bond acceptors (Lipinski definition) is 3. The average molecular weight is 98.1 g/mol. The third-order valence-corrected chi connectivity index (χ3v) is 0.299. The van der Waals surface area contributed by atoms with Crippen LogP contribution in [0.15, 0.2) is 16.5 Å². The van der Waals surface area contributed by atoms with Crippen LogP contribution in [0.3, 0.4) is 0 Å². The van der Waals surface area contributed by atoms with Gasteiger partial charge >= 0.3 is 0 Å². The highest BCUT2D eigenvalue weighted by molar-refractivity contribution is 5.49. The van der Waals surface area contributed by atoms with Gasteiger partial charge in [-0.05, 0) is 0 Å². The van der Waals surface area contributed by atoms with Gasteiger partial charge in [-0.25, -0.2) is 0 Å². The minimum atomic E-state index is 1.29. The Kier molecular flexibility index (Phi) is 4.16. The van der Waals surface area contributed by atoms with Crippen molar-refractivity contribution in [3.05, 3.63) is 6.26 Å². The fourth-order valence-corrected chi connectivity index (χ4v) is 0.117. The molecule has 0 saturated carbocycles. The first kappa shape index (κ1) is 5.92. The second kappa shape index (κ2) is 4.92. The molecule has 0 aliphatic carbocycles. The first-order chi connectivity index (χ1) is 3.41. The summed E-state index contributed by atoms with van der Waals surface area (Å²) in [7, 11) is 1.51. The Balaban J connectivity index is 3.40. The maximum atomic E-state index is 4.43. The van der Waals surface area contributed by atoms with Gasteiger partial charge in [-0.2, -0.15) is 5.10 Å². The molecular formula is C4H6N2O. The van der Waals surface area contributed by atoms with Crippen LogP contribution in [-0.4, -0.2) is 19.7 Å². The SMILES string of the molecule is C=NN=C=COC. The summed E-state index contributed by atoms with van der Waals surface area (Å²) in [5.41, 5.74) is 0. The zero-order chi connectivity index (χ0) is 5.54. The van der Waals surface area contributed by atoms with Crippen molar-refractivity contribution in [3.8, 4) is 0 Å². The molecule has 0 heterocycles. The molecule has 0 rings (SSSR count). The molecule has 3 heteroatoms. The van der Waals surface area contributed by atoms with E-state index in [0.29, 0.717) is 0 Å². The maximum Gasteiger partial charge on any atom is 0.145 e. The topological polar surface area (TPSA) is 34.0 Å². The number of ether oxygens (including phenoxy) is 1. The highest BCUT2D eigenvalue weighted by atomic mass is 16.5. The van der Waals surface area contributed by atoms with Crippen molar-refractivity contribution in [2.75, 3.05) is 7.11 Å². The molecule has 0 N–H and O–H groups in total. The van der Waals surface area contributed by atoms with Gasteiger partial charge < -0.3 is 4.74 Å². The van der Waals surface area contributed by atoms with Crippen molar-refractivity contribution in [1.29, 1.82) is 0 Å². The Morgan fingerprint density at radius 1 is 1.86 bits per heavy atom. The van der Waals surface area contributed by atoms with E-state index in [0.717, 1.165) is 0 Å². The van der Waals surface area contributed by atoms with E-state index in [9.17, 15) is 0 Å². The molecule has 0 aromatic carbocycles. The van der Waals surface area contributed by atoms with E-state index in [1.807, 2.05) is 0 Å². The number of hydrogen-bond donors (Lipinski definition) is 0. The smallest absolute Gasteiger partial charge is 0.145 e. The van der Waals surface area contributed by atoms with Crippen molar-refractivity contribution in [1.82, 2.24) is 0 Å². The van der Waals surface area contributed by atoms with Gasteiger partial charge in [0, 0.05) is 12.6 Å². The van der Waals surface area contributed by atoms with E-state index in [2.05, 4.69) is 27.5 Å². The highest BCUT2D eigenvalue weighted by Gasteiger charge is 1.50. The van der Waals surface area contributed by atoms with Crippen LogP contribution >= 0.6 is 0 Å². The zero-order valence-electron chi connectivity index (χ0n) is 4.09. The molecule has 0 bridgehead atoms. The Bertz CT molecular complexity index is 102. The van der Waals surface area contributed by atoms with Crippen molar-refractivity contribution in [2.45, 2.75) is 0 Å². The van der Waals surface area contributed by atoms with Crippen LogP contribution in [0.4, 0.5) is 0 Å². The Hall–Kier alpha value is -1.08. The van der Waals surface area contributed by atoms with Gasteiger partial charge in [-0.1, -0.05) is 0 Å². The number of nitrogens with zero attached hydrogens (tertiary/aromatic N) is 2. The summed E-state index contributed by atoms with van der Waals surface area (Å²) >= 11 is 0. The number of rotatable bonds is 2. The van der Waals surface area contributed by atoms with Gasteiger partial charge in [0.15, 0.2) is 0 Å². The van der Waals surface area contributed by atoms with Gasteiger partial charge in [0.1, 0.15) is 6.26 Å². The van der Waals surface area contributed by atoms with Crippen LogP contribution in [0.5, 0.6) is 0 Å². The lowest BCUT2D eigenvalue weighted by molar-refractivity contribution is 0.343. The predicted molar refractivity (Wildman–Crippen MR) is 28.6 cm³/mol. The molecule has 0 aliphatic heterocycles.